The van der Waals surface area contributed by atoms with Crippen LogP contribution in [0, 0.1) is 12.8 Å². The molecule has 0 amide bonds. The highest BCUT2D eigenvalue weighted by molar-refractivity contribution is 7.10. The minimum absolute atomic E-state index is 0.253. The van der Waals surface area contributed by atoms with Crippen LogP contribution in [0.2, 0.25) is 0 Å². The number of nitrogens with one attached hydrogen (secondary N) is 1. The van der Waals surface area contributed by atoms with Crippen molar-refractivity contribution >= 4 is 17.6 Å². The zero-order valence-corrected chi connectivity index (χ0v) is 9.14. The Balaban J connectivity index is 2.07. The van der Waals surface area contributed by atoms with E-state index in [-0.39, 0.29) is 5.92 Å². The van der Waals surface area contributed by atoms with E-state index in [2.05, 4.69) is 23.7 Å². The van der Waals surface area contributed by atoms with Crippen LogP contribution >= 0.6 is 11.3 Å². The maximum absolute atomic E-state index is 10.7. The minimum Gasteiger partial charge on any atom is -0.309 e. The zero-order valence-electron chi connectivity index (χ0n) is 8.32. The van der Waals surface area contributed by atoms with Crippen molar-refractivity contribution in [2.75, 3.05) is 6.54 Å². The first-order chi connectivity index (χ1) is 6.79. The van der Waals surface area contributed by atoms with Gasteiger partial charge in [-0.05, 0) is 43.3 Å². The Morgan fingerprint density at radius 3 is 3.14 bits per heavy atom. The van der Waals surface area contributed by atoms with E-state index in [1.165, 1.54) is 10.4 Å². The maximum Gasteiger partial charge on any atom is 0.123 e. The Kier molecular flexibility index (Phi) is 2.99. The smallest absolute Gasteiger partial charge is 0.123 e. The lowest BCUT2D eigenvalue weighted by molar-refractivity contribution is -0.112. The van der Waals surface area contributed by atoms with Gasteiger partial charge in [-0.25, -0.2) is 0 Å². The lowest BCUT2D eigenvalue weighted by atomic mass is 9.93. The van der Waals surface area contributed by atoms with E-state index in [1.54, 1.807) is 11.3 Å². The number of thiophene rings is 1. The van der Waals surface area contributed by atoms with Gasteiger partial charge in [-0.2, -0.15) is 0 Å². The molecule has 14 heavy (non-hydrogen) atoms. The van der Waals surface area contributed by atoms with Crippen molar-refractivity contribution in [3.63, 3.8) is 0 Å². The third kappa shape index (κ3) is 2.04. The van der Waals surface area contributed by atoms with Crippen LogP contribution in [0.3, 0.4) is 0 Å². The summed E-state index contributed by atoms with van der Waals surface area (Å²) in [7, 11) is 0. The predicted octanol–water partition coefficient (Wildman–Crippen LogP) is 2.30. The van der Waals surface area contributed by atoms with Gasteiger partial charge < -0.3 is 10.1 Å². The van der Waals surface area contributed by atoms with Gasteiger partial charge in [0.1, 0.15) is 6.29 Å². The van der Waals surface area contributed by atoms with Gasteiger partial charge in [0.2, 0.25) is 0 Å². The molecule has 2 unspecified atom stereocenters. The highest BCUT2D eigenvalue weighted by Crippen LogP contribution is 2.30. The van der Waals surface area contributed by atoms with Crippen LogP contribution in [0.15, 0.2) is 11.4 Å². The van der Waals surface area contributed by atoms with Gasteiger partial charge in [0.25, 0.3) is 0 Å². The van der Waals surface area contributed by atoms with Crippen LogP contribution in [0.25, 0.3) is 0 Å². The second-order valence-corrected chi connectivity index (χ2v) is 4.90. The van der Waals surface area contributed by atoms with E-state index in [0.29, 0.717) is 6.04 Å². The van der Waals surface area contributed by atoms with Crippen LogP contribution in [0.1, 0.15) is 29.3 Å². The normalized spacial score (nSPS) is 27.5. The molecule has 0 aromatic carbocycles. The van der Waals surface area contributed by atoms with E-state index in [0.717, 1.165) is 25.7 Å². The SMILES string of the molecule is Cc1csc(C2CC(C=O)CCN2)c1. The second kappa shape index (κ2) is 4.24. The molecule has 1 aliphatic heterocycles. The fourth-order valence-corrected chi connectivity index (χ4v) is 2.91. The molecule has 3 heteroatoms. The summed E-state index contributed by atoms with van der Waals surface area (Å²) in [5, 5.41) is 5.63. The van der Waals surface area contributed by atoms with Gasteiger partial charge >= 0.3 is 0 Å². The average molecular weight is 209 g/mol. The van der Waals surface area contributed by atoms with Crippen LogP contribution in [0.5, 0.6) is 0 Å². The molecule has 2 atom stereocenters. The highest BCUT2D eigenvalue weighted by atomic mass is 32.1. The number of piperidine rings is 1. The van der Waals surface area contributed by atoms with Crippen LogP contribution in [-0.4, -0.2) is 12.8 Å². The standard InChI is InChI=1S/C11H15NOS/c1-8-4-11(14-7-8)10-5-9(6-13)2-3-12-10/h4,6-7,9-10,12H,2-3,5H2,1H3. The minimum atomic E-state index is 0.253. The molecule has 0 spiro atoms. The molecule has 0 saturated carbocycles. The number of hydrogen-bond donors (Lipinski definition) is 1. The first kappa shape index (κ1) is 9.87. The predicted molar refractivity (Wildman–Crippen MR) is 58.6 cm³/mol. The third-order valence-electron chi connectivity index (χ3n) is 2.73. The van der Waals surface area contributed by atoms with E-state index in [1.807, 2.05) is 0 Å². The number of carbonyl (C=O) groups is 1. The van der Waals surface area contributed by atoms with Crippen molar-refractivity contribution in [3.8, 4) is 0 Å². The molecule has 76 valence electrons. The molecule has 1 fully saturated rings. The lowest BCUT2D eigenvalue weighted by Crippen LogP contribution is -2.31. The highest BCUT2D eigenvalue weighted by Gasteiger charge is 2.22. The summed E-state index contributed by atoms with van der Waals surface area (Å²) in [5.74, 6) is 0.253. The molecule has 0 bridgehead atoms. The fourth-order valence-electron chi connectivity index (χ4n) is 1.92. The molecule has 0 aliphatic carbocycles. The first-order valence-corrected chi connectivity index (χ1v) is 5.91. The number of rotatable bonds is 2. The molecule has 1 saturated heterocycles. The van der Waals surface area contributed by atoms with E-state index >= 15 is 0 Å². The van der Waals surface area contributed by atoms with E-state index in [9.17, 15) is 4.79 Å². The molecule has 1 N–H and O–H groups in total. The van der Waals surface area contributed by atoms with Gasteiger partial charge in [-0.3, -0.25) is 0 Å². The molecular weight excluding hydrogens is 194 g/mol. The Bertz CT molecular complexity index is 321. The van der Waals surface area contributed by atoms with Crippen molar-refractivity contribution in [2.45, 2.75) is 25.8 Å². The topological polar surface area (TPSA) is 29.1 Å². The molecule has 2 rings (SSSR count). The summed E-state index contributed by atoms with van der Waals surface area (Å²) in [6, 6.07) is 2.62. The van der Waals surface area contributed by atoms with Crippen LogP contribution < -0.4 is 5.32 Å². The number of hydrogen-bond acceptors (Lipinski definition) is 3. The van der Waals surface area contributed by atoms with Crippen molar-refractivity contribution < 1.29 is 4.79 Å². The van der Waals surface area contributed by atoms with E-state index < -0.39 is 0 Å². The summed E-state index contributed by atoms with van der Waals surface area (Å²) in [6.07, 6.45) is 3.06. The van der Waals surface area contributed by atoms with Gasteiger partial charge in [0.15, 0.2) is 0 Å². The third-order valence-corrected chi connectivity index (χ3v) is 3.90. The molecule has 1 aromatic rings. The van der Waals surface area contributed by atoms with Gasteiger partial charge in [-0.15, -0.1) is 11.3 Å². The van der Waals surface area contributed by atoms with Gasteiger partial charge in [0, 0.05) is 16.8 Å². The van der Waals surface area contributed by atoms with E-state index in [4.69, 9.17) is 0 Å². The van der Waals surface area contributed by atoms with Crippen LogP contribution in [-0.2, 0) is 4.79 Å². The summed E-state index contributed by atoms with van der Waals surface area (Å²) < 4.78 is 0. The number of aryl methyl sites for hydroxylation is 1. The molecule has 0 radical (unpaired) electrons. The Morgan fingerprint density at radius 1 is 1.64 bits per heavy atom. The molecule has 1 aliphatic rings. The molecule has 1 aromatic heterocycles. The average Bonchev–Trinajstić information content (AvgIpc) is 2.65. The quantitative estimate of drug-likeness (QED) is 0.757. The Hall–Kier alpha value is -0.670. The number of aldehydes is 1. The number of carbonyl (C=O) groups excluding carboxylic acids is 1. The van der Waals surface area contributed by atoms with Crippen molar-refractivity contribution in [2.24, 2.45) is 5.92 Å². The lowest BCUT2D eigenvalue weighted by Gasteiger charge is -2.26. The van der Waals surface area contributed by atoms with Gasteiger partial charge in [0.05, 0.1) is 0 Å². The van der Waals surface area contributed by atoms with Crippen molar-refractivity contribution in [1.29, 1.82) is 0 Å². The Morgan fingerprint density at radius 2 is 2.50 bits per heavy atom. The summed E-state index contributed by atoms with van der Waals surface area (Å²) in [5.41, 5.74) is 1.32. The molecule has 2 nitrogen and oxygen atoms in total. The fraction of sp³-hybridized carbons (Fsp3) is 0.545. The Labute approximate surface area is 88.3 Å². The van der Waals surface area contributed by atoms with Gasteiger partial charge in [-0.1, -0.05) is 0 Å². The summed E-state index contributed by atoms with van der Waals surface area (Å²) >= 11 is 1.79. The summed E-state index contributed by atoms with van der Waals surface area (Å²) in [4.78, 5) is 12.1. The van der Waals surface area contributed by atoms with Crippen LogP contribution in [0.4, 0.5) is 0 Å². The van der Waals surface area contributed by atoms with Crippen molar-refractivity contribution in [3.05, 3.63) is 21.9 Å². The molecular formula is C11H15NOS. The monoisotopic (exact) mass is 209 g/mol. The zero-order chi connectivity index (χ0) is 9.97. The molecule has 2 heterocycles. The summed E-state index contributed by atoms with van der Waals surface area (Å²) in [6.45, 7) is 3.07. The first-order valence-electron chi connectivity index (χ1n) is 5.03. The van der Waals surface area contributed by atoms with Crippen molar-refractivity contribution in [1.82, 2.24) is 5.32 Å². The maximum atomic E-state index is 10.7. The largest absolute Gasteiger partial charge is 0.309 e. The second-order valence-electron chi connectivity index (χ2n) is 3.95.